The van der Waals surface area contributed by atoms with Gasteiger partial charge in [0.05, 0.1) is 18.3 Å². The number of anilines is 3. The van der Waals surface area contributed by atoms with E-state index in [1.807, 2.05) is 6.07 Å². The van der Waals surface area contributed by atoms with E-state index in [0.29, 0.717) is 41.6 Å². The summed E-state index contributed by atoms with van der Waals surface area (Å²) in [7, 11) is 3.39. The highest BCUT2D eigenvalue weighted by Crippen LogP contribution is 2.25. The molecule has 1 aliphatic carbocycles. The number of nitrogens with zero attached hydrogens (tertiary/aromatic N) is 5. The number of methoxy groups -OCH3 is 1. The van der Waals surface area contributed by atoms with Crippen molar-refractivity contribution < 1.29 is 13.9 Å². The highest BCUT2D eigenvalue weighted by atomic mass is 19.1. The number of nitrogens with one attached hydrogen (secondary N) is 3. The zero-order chi connectivity index (χ0) is 25.9. The molecule has 3 atom stereocenters. The standard InChI is InChI=1S/C25H33FN8O3/c1-27-22-13-21(31-23-17(14-28-34(22)23)24(35)30-18-7-8-20(18)37-2)29-19-6-4-11-33(25(19)36)16-5-3-10-32(15-16)12-9-26/h4,6,11,13-14,16,18,20,27H,3,5,7-10,12,15H2,1-2H3,(H,29,31)(H,30,35)/t16-,18+,20+/m0/s1. The minimum atomic E-state index is -0.395. The second-order valence-electron chi connectivity index (χ2n) is 9.55. The van der Waals surface area contributed by atoms with Gasteiger partial charge in [-0.3, -0.25) is 14.5 Å². The molecule has 3 aromatic rings. The predicted molar refractivity (Wildman–Crippen MR) is 138 cm³/mol. The van der Waals surface area contributed by atoms with E-state index in [9.17, 15) is 14.0 Å². The molecular weight excluding hydrogens is 479 g/mol. The van der Waals surface area contributed by atoms with Gasteiger partial charge in [0.1, 0.15) is 29.6 Å². The van der Waals surface area contributed by atoms with Crippen molar-refractivity contribution in [3.05, 3.63) is 46.5 Å². The van der Waals surface area contributed by atoms with Crippen molar-refractivity contribution in [2.75, 3.05) is 51.1 Å². The molecule has 1 saturated carbocycles. The van der Waals surface area contributed by atoms with Crippen LogP contribution in [0.15, 0.2) is 35.4 Å². The number of piperidine rings is 1. The third-order valence-electron chi connectivity index (χ3n) is 7.31. The molecule has 1 saturated heterocycles. The van der Waals surface area contributed by atoms with E-state index < -0.39 is 6.67 Å². The normalized spacial score (nSPS) is 22.0. The van der Waals surface area contributed by atoms with Crippen LogP contribution in [0.1, 0.15) is 42.1 Å². The van der Waals surface area contributed by atoms with Gasteiger partial charge in [0.25, 0.3) is 11.5 Å². The minimum Gasteiger partial charge on any atom is -0.379 e. The summed E-state index contributed by atoms with van der Waals surface area (Å²) in [5, 5.41) is 13.6. The van der Waals surface area contributed by atoms with Crippen LogP contribution in [0.2, 0.25) is 0 Å². The van der Waals surface area contributed by atoms with Crippen LogP contribution < -0.4 is 21.5 Å². The molecule has 0 unspecified atom stereocenters. The molecule has 0 spiro atoms. The average molecular weight is 513 g/mol. The van der Waals surface area contributed by atoms with Gasteiger partial charge < -0.3 is 25.3 Å². The first-order chi connectivity index (χ1) is 18.0. The number of likely N-dealkylation sites (tertiary alicyclic amines) is 1. The van der Waals surface area contributed by atoms with Gasteiger partial charge in [-0.05, 0) is 44.4 Å². The van der Waals surface area contributed by atoms with Gasteiger partial charge in [-0.2, -0.15) is 9.61 Å². The molecule has 12 heteroatoms. The van der Waals surface area contributed by atoms with Crippen LogP contribution in [0.3, 0.4) is 0 Å². The maximum atomic E-state index is 13.4. The molecule has 1 aliphatic heterocycles. The largest absolute Gasteiger partial charge is 0.379 e. The summed E-state index contributed by atoms with van der Waals surface area (Å²) in [6.07, 6.45) is 6.83. The smallest absolute Gasteiger partial charge is 0.274 e. The second-order valence-corrected chi connectivity index (χ2v) is 9.55. The Balaban J connectivity index is 1.41. The fraction of sp³-hybridized carbons (Fsp3) is 0.520. The molecule has 3 aromatic heterocycles. The van der Waals surface area contributed by atoms with Gasteiger partial charge in [0, 0.05) is 45.6 Å². The van der Waals surface area contributed by atoms with E-state index in [1.165, 1.54) is 6.20 Å². The summed E-state index contributed by atoms with van der Waals surface area (Å²) in [4.78, 5) is 33.1. The maximum Gasteiger partial charge on any atom is 0.274 e. The number of ether oxygens (including phenoxy) is 1. The van der Waals surface area contributed by atoms with E-state index in [0.717, 1.165) is 32.2 Å². The highest BCUT2D eigenvalue weighted by Gasteiger charge is 2.33. The number of rotatable bonds is 9. The molecule has 3 N–H and O–H groups in total. The third kappa shape index (κ3) is 5.03. The summed E-state index contributed by atoms with van der Waals surface area (Å²) in [5.41, 5.74) is 0.893. The molecule has 0 radical (unpaired) electrons. The summed E-state index contributed by atoms with van der Waals surface area (Å²) in [6, 6.07) is 5.19. The van der Waals surface area contributed by atoms with Gasteiger partial charge in [-0.1, -0.05) is 0 Å². The lowest BCUT2D eigenvalue weighted by atomic mass is 9.89. The van der Waals surface area contributed by atoms with Crippen molar-refractivity contribution in [2.45, 2.75) is 43.9 Å². The Kier molecular flexibility index (Phi) is 7.38. The summed E-state index contributed by atoms with van der Waals surface area (Å²) < 4.78 is 21.5. The molecular formula is C25H33FN8O3. The van der Waals surface area contributed by atoms with Crippen LogP contribution in [-0.2, 0) is 4.74 Å². The van der Waals surface area contributed by atoms with Crippen molar-refractivity contribution in [1.29, 1.82) is 0 Å². The van der Waals surface area contributed by atoms with Gasteiger partial charge in [0.2, 0.25) is 0 Å². The number of fused-ring (bicyclic) bond motifs is 1. The van der Waals surface area contributed by atoms with Crippen molar-refractivity contribution in [3.8, 4) is 0 Å². The number of hydrogen-bond donors (Lipinski definition) is 3. The van der Waals surface area contributed by atoms with Crippen LogP contribution in [0.5, 0.6) is 0 Å². The quantitative estimate of drug-likeness (QED) is 0.400. The zero-order valence-electron chi connectivity index (χ0n) is 21.1. The van der Waals surface area contributed by atoms with Gasteiger partial charge in [-0.25, -0.2) is 9.37 Å². The van der Waals surface area contributed by atoms with Crippen LogP contribution >= 0.6 is 0 Å². The lowest BCUT2D eigenvalue weighted by molar-refractivity contribution is 0.00732. The first kappa shape index (κ1) is 25.2. The Morgan fingerprint density at radius 3 is 2.89 bits per heavy atom. The number of aromatic nitrogens is 4. The molecule has 1 amide bonds. The number of alkyl halides is 1. The SMILES string of the molecule is CNc1cc(Nc2cccn([C@H]3CCCN(CCF)C3)c2=O)nc2c(C(=O)N[C@@H]3CC[C@H]3OC)cnn12. The molecule has 0 aromatic carbocycles. The monoisotopic (exact) mass is 512 g/mol. The molecule has 4 heterocycles. The number of amides is 1. The first-order valence-electron chi connectivity index (χ1n) is 12.7. The number of pyridine rings is 1. The minimum absolute atomic E-state index is 0.0114. The second kappa shape index (κ2) is 10.9. The summed E-state index contributed by atoms with van der Waals surface area (Å²) >= 11 is 0. The Morgan fingerprint density at radius 1 is 1.30 bits per heavy atom. The van der Waals surface area contributed by atoms with E-state index in [4.69, 9.17) is 4.74 Å². The van der Waals surface area contributed by atoms with Crippen LogP contribution in [-0.4, -0.2) is 82.6 Å². The summed E-state index contributed by atoms with van der Waals surface area (Å²) in [5.74, 6) is 0.739. The molecule has 5 rings (SSSR count). The number of hydrogen-bond acceptors (Lipinski definition) is 8. The third-order valence-corrected chi connectivity index (χ3v) is 7.31. The molecule has 0 bridgehead atoms. The fourth-order valence-corrected chi connectivity index (χ4v) is 5.14. The van der Waals surface area contributed by atoms with E-state index >= 15 is 0 Å². The van der Waals surface area contributed by atoms with Crippen LogP contribution in [0, 0.1) is 0 Å². The molecule has 37 heavy (non-hydrogen) atoms. The molecule has 2 fully saturated rings. The number of carbonyl (C=O) groups is 1. The Labute approximate surface area is 214 Å². The Morgan fingerprint density at radius 2 is 2.16 bits per heavy atom. The lowest BCUT2D eigenvalue weighted by Crippen LogP contribution is -2.51. The first-order valence-corrected chi connectivity index (χ1v) is 12.7. The molecule has 11 nitrogen and oxygen atoms in total. The number of halogens is 1. The number of carbonyl (C=O) groups excluding carboxylic acids is 1. The van der Waals surface area contributed by atoms with Crippen molar-refractivity contribution in [1.82, 2.24) is 29.4 Å². The molecule has 2 aliphatic rings. The van der Waals surface area contributed by atoms with E-state index in [2.05, 4.69) is 30.9 Å². The van der Waals surface area contributed by atoms with Crippen molar-refractivity contribution in [3.63, 3.8) is 0 Å². The predicted octanol–water partition coefficient (Wildman–Crippen LogP) is 2.19. The van der Waals surface area contributed by atoms with Gasteiger partial charge in [-0.15, -0.1) is 0 Å². The average Bonchev–Trinajstić information content (AvgIpc) is 3.32. The van der Waals surface area contributed by atoms with Crippen LogP contribution in [0.25, 0.3) is 5.65 Å². The Hall–Kier alpha value is -3.51. The van der Waals surface area contributed by atoms with Gasteiger partial charge >= 0.3 is 0 Å². The fourth-order valence-electron chi connectivity index (χ4n) is 5.14. The Bertz CT molecular complexity index is 1320. The van der Waals surface area contributed by atoms with Crippen molar-refractivity contribution >= 4 is 28.9 Å². The maximum absolute atomic E-state index is 13.4. The summed E-state index contributed by atoms with van der Waals surface area (Å²) in [6.45, 7) is 1.47. The zero-order valence-corrected chi connectivity index (χ0v) is 21.1. The topological polar surface area (TPSA) is 118 Å². The molecule has 198 valence electrons. The lowest BCUT2D eigenvalue weighted by Gasteiger charge is -2.35. The van der Waals surface area contributed by atoms with Crippen LogP contribution in [0.4, 0.5) is 21.7 Å². The van der Waals surface area contributed by atoms with E-state index in [1.54, 1.807) is 41.6 Å². The van der Waals surface area contributed by atoms with E-state index in [-0.39, 0.29) is 29.7 Å². The highest BCUT2D eigenvalue weighted by molar-refractivity contribution is 6.00. The van der Waals surface area contributed by atoms with Gasteiger partial charge in [0.15, 0.2) is 5.65 Å². The van der Waals surface area contributed by atoms with Crippen molar-refractivity contribution in [2.24, 2.45) is 0 Å².